The molecule has 8 heteroatoms. The van der Waals surface area contributed by atoms with Gasteiger partial charge >= 0.3 is 5.97 Å². The number of carbonyl (C=O) groups is 2. The van der Waals surface area contributed by atoms with E-state index in [9.17, 15) is 20.0 Å². The number of carboxylic acid groups (broad SMARTS) is 1. The molecule has 33 heavy (non-hydrogen) atoms. The van der Waals surface area contributed by atoms with Crippen molar-refractivity contribution >= 4 is 17.6 Å². The normalized spacial score (nSPS) is 18.2. The van der Waals surface area contributed by atoms with Crippen LogP contribution >= 0.6 is 0 Å². The maximum atomic E-state index is 13.5. The topological polar surface area (TPSA) is 109 Å². The van der Waals surface area contributed by atoms with Crippen LogP contribution in [0.25, 0.3) is 0 Å². The van der Waals surface area contributed by atoms with Crippen LogP contribution in [0.5, 0.6) is 11.5 Å². The van der Waals surface area contributed by atoms with E-state index in [0.717, 1.165) is 0 Å². The maximum Gasteiger partial charge on any atom is 0.306 e. The summed E-state index contributed by atoms with van der Waals surface area (Å²) in [4.78, 5) is 26.7. The first-order valence-electron chi connectivity index (χ1n) is 10.5. The highest BCUT2D eigenvalue weighted by molar-refractivity contribution is 6.00. The number of nitriles is 1. The molecule has 0 saturated heterocycles. The highest BCUT2D eigenvalue weighted by Crippen LogP contribution is 2.45. The highest BCUT2D eigenvalue weighted by Gasteiger charge is 2.40. The molecule has 2 unspecified atom stereocenters. The van der Waals surface area contributed by atoms with Crippen molar-refractivity contribution < 1.29 is 28.9 Å². The zero-order valence-electron chi connectivity index (χ0n) is 19.4. The lowest BCUT2D eigenvalue weighted by atomic mass is 9.93. The molecule has 0 radical (unpaired) electrons. The van der Waals surface area contributed by atoms with Gasteiger partial charge < -0.3 is 24.2 Å². The summed E-state index contributed by atoms with van der Waals surface area (Å²) in [5.74, 6) is -0.718. The Morgan fingerprint density at radius 3 is 2.48 bits per heavy atom. The molecule has 1 N–H and O–H groups in total. The van der Waals surface area contributed by atoms with Crippen molar-refractivity contribution in [2.24, 2.45) is 5.41 Å². The molecule has 1 heterocycles. The van der Waals surface area contributed by atoms with E-state index in [-0.39, 0.29) is 5.41 Å². The summed E-state index contributed by atoms with van der Waals surface area (Å²) in [6.07, 6.45) is -2.60. The number of carboxylic acids is 1. The Labute approximate surface area is 193 Å². The van der Waals surface area contributed by atoms with E-state index in [1.165, 1.54) is 14.2 Å². The molecule has 8 nitrogen and oxygen atoms in total. The Morgan fingerprint density at radius 1 is 1.18 bits per heavy atom. The molecule has 3 rings (SSSR count). The molecule has 0 spiro atoms. The van der Waals surface area contributed by atoms with Crippen molar-refractivity contribution in [2.75, 3.05) is 25.7 Å². The molecular formula is C25H28N2O6. The van der Waals surface area contributed by atoms with Crippen LogP contribution in [-0.2, 0) is 14.3 Å². The number of rotatable bonds is 6. The van der Waals surface area contributed by atoms with Gasteiger partial charge in [0, 0.05) is 23.4 Å². The van der Waals surface area contributed by atoms with E-state index in [0.29, 0.717) is 40.4 Å². The summed E-state index contributed by atoms with van der Waals surface area (Å²) in [7, 11) is 3.01. The lowest BCUT2D eigenvalue weighted by molar-refractivity contribution is -0.147. The van der Waals surface area contributed by atoms with Crippen molar-refractivity contribution in [2.45, 2.75) is 39.4 Å². The minimum atomic E-state index is -1.23. The average molecular weight is 453 g/mol. The van der Waals surface area contributed by atoms with Gasteiger partial charge in [-0.1, -0.05) is 32.9 Å². The van der Waals surface area contributed by atoms with Crippen LogP contribution in [0.3, 0.4) is 0 Å². The third kappa shape index (κ3) is 5.10. The molecule has 2 aromatic carbocycles. The van der Waals surface area contributed by atoms with Gasteiger partial charge in [-0.25, -0.2) is 0 Å². The van der Waals surface area contributed by atoms with Gasteiger partial charge in [-0.2, -0.15) is 5.26 Å². The van der Waals surface area contributed by atoms with Crippen LogP contribution in [0.2, 0.25) is 0 Å². The molecule has 0 bridgehead atoms. The van der Waals surface area contributed by atoms with E-state index < -0.39 is 30.5 Å². The summed E-state index contributed by atoms with van der Waals surface area (Å²) >= 11 is 0. The minimum absolute atomic E-state index is 0.276. The smallest absolute Gasteiger partial charge is 0.306 e. The van der Waals surface area contributed by atoms with E-state index in [1.807, 2.05) is 20.8 Å². The summed E-state index contributed by atoms with van der Waals surface area (Å²) in [6.45, 7) is 6.31. The third-order valence-corrected chi connectivity index (χ3v) is 5.28. The number of aliphatic carboxylic acids is 1. The van der Waals surface area contributed by atoms with Crippen LogP contribution in [0, 0.1) is 16.7 Å². The van der Waals surface area contributed by atoms with E-state index in [4.69, 9.17) is 14.2 Å². The Bertz CT molecular complexity index is 1100. The Balaban J connectivity index is 2.30. The third-order valence-electron chi connectivity index (χ3n) is 5.28. The fourth-order valence-electron chi connectivity index (χ4n) is 3.96. The van der Waals surface area contributed by atoms with Crippen molar-refractivity contribution in [1.29, 1.82) is 5.26 Å². The number of carbonyl (C=O) groups excluding carboxylic acids is 1. The van der Waals surface area contributed by atoms with Crippen LogP contribution in [0.4, 0.5) is 5.69 Å². The molecule has 2 aromatic rings. The second kappa shape index (κ2) is 9.51. The molecule has 1 aliphatic rings. The number of amides is 1. The van der Waals surface area contributed by atoms with Crippen LogP contribution in [0.15, 0.2) is 36.4 Å². The average Bonchev–Trinajstić information content (AvgIpc) is 2.87. The van der Waals surface area contributed by atoms with Crippen LogP contribution in [-0.4, -0.2) is 43.9 Å². The molecule has 0 aliphatic carbocycles. The second-order valence-corrected chi connectivity index (χ2v) is 9.06. The molecule has 0 saturated carbocycles. The van der Waals surface area contributed by atoms with Crippen LogP contribution < -0.4 is 14.4 Å². The molecular weight excluding hydrogens is 424 g/mol. The van der Waals surface area contributed by atoms with Gasteiger partial charge in [-0.15, -0.1) is 0 Å². The first-order chi connectivity index (χ1) is 15.6. The van der Waals surface area contributed by atoms with Gasteiger partial charge in [0.25, 0.3) is 5.91 Å². The Kier molecular flexibility index (Phi) is 6.94. The summed E-state index contributed by atoms with van der Waals surface area (Å²) in [6, 6.07) is 12.4. The van der Waals surface area contributed by atoms with Gasteiger partial charge in [0.1, 0.15) is 12.2 Å². The number of hydrogen-bond acceptors (Lipinski definition) is 6. The predicted octanol–water partition coefficient (Wildman–Crippen LogP) is 3.92. The largest absolute Gasteiger partial charge is 0.493 e. The lowest BCUT2D eigenvalue weighted by Crippen LogP contribution is -2.44. The number of hydrogen-bond donors (Lipinski definition) is 1. The fourth-order valence-corrected chi connectivity index (χ4v) is 3.96. The van der Waals surface area contributed by atoms with Crippen molar-refractivity contribution in [3.63, 3.8) is 0 Å². The number of fused-ring (bicyclic) bond motifs is 1. The molecule has 0 fully saturated rings. The number of benzene rings is 2. The maximum absolute atomic E-state index is 13.5. The number of para-hydroxylation sites is 1. The van der Waals surface area contributed by atoms with Gasteiger partial charge in [-0.3, -0.25) is 9.59 Å². The zero-order valence-corrected chi connectivity index (χ0v) is 19.4. The summed E-state index contributed by atoms with van der Waals surface area (Å²) in [5.41, 5.74) is 1.82. The summed E-state index contributed by atoms with van der Waals surface area (Å²) in [5, 5.41) is 19.0. The van der Waals surface area contributed by atoms with Crippen LogP contribution in [0.1, 0.15) is 50.0 Å². The van der Waals surface area contributed by atoms with Gasteiger partial charge in [0.2, 0.25) is 0 Å². The standard InChI is InChI=1S/C25H28N2O6/c1-25(2,3)14-27-18-10-9-15(13-26)11-17(18)22(33-20(24(27)30)12-21(28)29)16-7-6-8-19(31-4)23(16)32-5/h6-11,20,22H,12,14H2,1-5H3,(H,28,29). The summed E-state index contributed by atoms with van der Waals surface area (Å²) < 4.78 is 17.2. The highest BCUT2D eigenvalue weighted by atomic mass is 16.5. The number of nitrogens with zero attached hydrogens (tertiary/aromatic N) is 2. The molecule has 2 atom stereocenters. The predicted molar refractivity (Wildman–Crippen MR) is 121 cm³/mol. The van der Waals surface area contributed by atoms with Gasteiger partial charge in [0.05, 0.1) is 32.3 Å². The van der Waals surface area contributed by atoms with E-state index in [2.05, 4.69) is 6.07 Å². The number of methoxy groups -OCH3 is 2. The SMILES string of the molecule is COc1cccc(C2OC(CC(=O)O)C(=O)N(CC(C)(C)C)c3ccc(C#N)cc32)c1OC. The fraction of sp³-hybridized carbons (Fsp3) is 0.400. The lowest BCUT2D eigenvalue weighted by Gasteiger charge is -2.31. The molecule has 1 aliphatic heterocycles. The van der Waals surface area contributed by atoms with E-state index >= 15 is 0 Å². The molecule has 174 valence electrons. The number of anilines is 1. The Morgan fingerprint density at radius 2 is 1.91 bits per heavy atom. The van der Waals surface area contributed by atoms with Gasteiger partial charge in [-0.05, 0) is 29.7 Å². The van der Waals surface area contributed by atoms with Gasteiger partial charge in [0.15, 0.2) is 11.5 Å². The van der Waals surface area contributed by atoms with Crippen molar-refractivity contribution in [3.05, 3.63) is 53.1 Å². The monoisotopic (exact) mass is 452 g/mol. The molecule has 1 amide bonds. The van der Waals surface area contributed by atoms with Crippen molar-refractivity contribution in [1.82, 2.24) is 0 Å². The second-order valence-electron chi connectivity index (χ2n) is 9.06. The number of ether oxygens (including phenoxy) is 3. The quantitative estimate of drug-likeness (QED) is 0.707. The van der Waals surface area contributed by atoms with E-state index in [1.54, 1.807) is 41.3 Å². The Hall–Kier alpha value is -3.57. The molecule has 0 aromatic heterocycles. The first kappa shape index (κ1) is 24.1. The van der Waals surface area contributed by atoms with Crippen molar-refractivity contribution in [3.8, 4) is 17.6 Å². The zero-order chi connectivity index (χ0) is 24.3. The first-order valence-corrected chi connectivity index (χ1v) is 10.5. The minimum Gasteiger partial charge on any atom is -0.493 e.